The predicted molar refractivity (Wildman–Crippen MR) is 291 cm³/mol. The maximum atomic E-state index is 6.35. The lowest BCUT2D eigenvalue weighted by molar-refractivity contribution is 0.670. The molecule has 1 unspecified atom stereocenters. The van der Waals surface area contributed by atoms with Crippen LogP contribution in [0.1, 0.15) is 45.7 Å². The lowest BCUT2D eigenvalue weighted by Gasteiger charge is -2.30. The number of hydrogen-bond donors (Lipinski definition) is 2. The Labute approximate surface area is 407 Å². The number of hydrogen-bond acceptors (Lipinski definition) is 3. The van der Waals surface area contributed by atoms with Crippen molar-refractivity contribution in [2.45, 2.75) is 17.8 Å². The van der Waals surface area contributed by atoms with E-state index < -0.39 is 0 Å². The Morgan fingerprint density at radius 1 is 0.400 bits per heavy atom. The second kappa shape index (κ2) is 16.1. The topological polar surface area (TPSA) is 37.2 Å². The Hall–Kier alpha value is -8.92. The van der Waals surface area contributed by atoms with Gasteiger partial charge in [-0.05, 0) is 121 Å². The smallest absolute Gasteiger partial charge is 0.143 e. The van der Waals surface area contributed by atoms with Gasteiger partial charge in [-0.1, -0.05) is 206 Å². The number of furan rings is 1. The van der Waals surface area contributed by atoms with Gasteiger partial charge < -0.3 is 15.1 Å². The second-order valence-electron chi connectivity index (χ2n) is 18.9. The Balaban J connectivity index is 0.683. The third kappa shape index (κ3) is 6.28. The molecule has 0 saturated heterocycles. The van der Waals surface area contributed by atoms with Crippen molar-refractivity contribution >= 4 is 50.3 Å². The van der Waals surface area contributed by atoms with Crippen LogP contribution in [0, 0.1) is 0 Å². The van der Waals surface area contributed by atoms with Crippen LogP contribution in [-0.4, -0.2) is 0 Å². The van der Waals surface area contributed by atoms with E-state index in [-0.39, 0.29) is 11.3 Å². The second-order valence-corrected chi connectivity index (χ2v) is 18.9. The van der Waals surface area contributed by atoms with Gasteiger partial charge in [-0.15, -0.1) is 0 Å². The lowest BCUT2D eigenvalue weighted by Crippen LogP contribution is -2.25. The van der Waals surface area contributed by atoms with E-state index in [1.165, 1.54) is 72.3 Å². The first kappa shape index (κ1) is 40.2. The Morgan fingerprint density at radius 3 is 1.66 bits per heavy atom. The molecule has 11 aromatic rings. The molecular formula is C67H46N2O. The number of rotatable bonds is 8. The summed E-state index contributed by atoms with van der Waals surface area (Å²) in [6, 6.07) is 83.8. The molecule has 0 radical (unpaired) electrons. The van der Waals surface area contributed by atoms with Crippen molar-refractivity contribution in [3.05, 3.63) is 282 Å². The van der Waals surface area contributed by atoms with Crippen molar-refractivity contribution in [3.63, 3.8) is 0 Å². The van der Waals surface area contributed by atoms with Gasteiger partial charge in [0, 0.05) is 50.6 Å². The number of anilines is 4. The lowest BCUT2D eigenvalue weighted by atomic mass is 9.70. The zero-order valence-electron chi connectivity index (χ0n) is 38.4. The van der Waals surface area contributed by atoms with E-state index in [0.717, 1.165) is 62.2 Å². The third-order valence-electron chi connectivity index (χ3n) is 15.1. The Kier molecular flexibility index (Phi) is 9.25. The van der Waals surface area contributed by atoms with Gasteiger partial charge in [0.25, 0.3) is 0 Å². The summed E-state index contributed by atoms with van der Waals surface area (Å²) >= 11 is 0. The molecule has 0 bridgehead atoms. The molecule has 1 heterocycles. The predicted octanol–water partition coefficient (Wildman–Crippen LogP) is 17.9. The number of fused-ring (bicyclic) bond motifs is 13. The van der Waals surface area contributed by atoms with Crippen LogP contribution in [0.2, 0.25) is 0 Å². The molecule has 0 fully saturated rings. The molecule has 10 aromatic carbocycles. The molecule has 1 aromatic heterocycles. The molecule has 0 amide bonds. The minimum Gasteiger partial charge on any atom is -0.455 e. The monoisotopic (exact) mass is 894 g/mol. The molecule has 3 aliphatic carbocycles. The van der Waals surface area contributed by atoms with Gasteiger partial charge in [-0.25, -0.2) is 0 Å². The van der Waals surface area contributed by atoms with Crippen LogP contribution in [0.5, 0.6) is 0 Å². The fraction of sp³-hybridized carbons (Fsp3) is 0.0448. The van der Waals surface area contributed by atoms with Crippen LogP contribution < -0.4 is 10.6 Å². The van der Waals surface area contributed by atoms with Crippen molar-refractivity contribution in [1.82, 2.24) is 0 Å². The van der Waals surface area contributed by atoms with E-state index in [2.05, 4.69) is 247 Å². The van der Waals surface area contributed by atoms with Crippen molar-refractivity contribution in [2.75, 3.05) is 10.6 Å². The average Bonchev–Trinajstić information content (AvgIpc) is 4.07. The number of allylic oxidation sites excluding steroid dienone is 4. The normalized spacial score (nSPS) is 14.8. The maximum absolute atomic E-state index is 6.35. The molecule has 3 nitrogen and oxygen atoms in total. The summed E-state index contributed by atoms with van der Waals surface area (Å²) in [6.45, 7) is 0. The van der Waals surface area contributed by atoms with E-state index in [4.69, 9.17) is 4.42 Å². The van der Waals surface area contributed by atoms with Crippen LogP contribution >= 0.6 is 0 Å². The van der Waals surface area contributed by atoms with Crippen LogP contribution in [0.15, 0.2) is 253 Å². The van der Waals surface area contributed by atoms with Crippen molar-refractivity contribution in [1.29, 1.82) is 0 Å². The third-order valence-corrected chi connectivity index (χ3v) is 15.1. The number of benzene rings is 10. The first-order valence-electron chi connectivity index (χ1n) is 24.3. The summed E-state index contributed by atoms with van der Waals surface area (Å²) in [5, 5.41) is 9.90. The van der Waals surface area contributed by atoms with Crippen LogP contribution in [-0.2, 0) is 5.41 Å². The summed E-state index contributed by atoms with van der Waals surface area (Å²) in [6.07, 6.45) is 7.75. The zero-order chi connectivity index (χ0) is 46.2. The maximum Gasteiger partial charge on any atom is 0.143 e. The van der Waals surface area contributed by atoms with Crippen LogP contribution in [0.4, 0.5) is 22.7 Å². The molecule has 2 N–H and O–H groups in total. The van der Waals surface area contributed by atoms with E-state index in [1.54, 1.807) is 0 Å². The molecule has 3 heteroatoms. The van der Waals surface area contributed by atoms with Gasteiger partial charge in [0.1, 0.15) is 11.2 Å². The van der Waals surface area contributed by atoms with Crippen molar-refractivity contribution < 1.29 is 4.42 Å². The molecule has 1 spiro atoms. The van der Waals surface area contributed by atoms with Crippen molar-refractivity contribution in [3.8, 4) is 44.5 Å². The SMILES string of the molecule is C1=CC(c2ccccc2Nc2ccc(-c3cccc4c3oc3ccccc34)cc2)CC(c2ccc(-c3ccc(Nc4cccc5c4-c4ccccc4C54c5ccccc5-c5ccccc54)cc3)cc2)=C1. The first-order chi connectivity index (χ1) is 34.7. The molecule has 0 saturated carbocycles. The molecule has 3 aliphatic rings. The highest BCUT2D eigenvalue weighted by molar-refractivity contribution is 6.09. The van der Waals surface area contributed by atoms with Gasteiger partial charge in [-0.3, -0.25) is 0 Å². The van der Waals surface area contributed by atoms with Gasteiger partial charge >= 0.3 is 0 Å². The van der Waals surface area contributed by atoms with E-state index in [0.29, 0.717) is 0 Å². The molecule has 14 rings (SSSR count). The summed E-state index contributed by atoms with van der Waals surface area (Å²) in [5.41, 5.74) is 24.9. The Bertz CT molecular complexity index is 3860. The average molecular weight is 895 g/mol. The molecule has 1 atom stereocenters. The van der Waals surface area contributed by atoms with Gasteiger partial charge in [0.05, 0.1) is 5.41 Å². The highest BCUT2D eigenvalue weighted by Crippen LogP contribution is 2.64. The van der Waals surface area contributed by atoms with Crippen LogP contribution in [0.25, 0.3) is 72.0 Å². The summed E-state index contributed by atoms with van der Waals surface area (Å²) < 4.78 is 6.35. The summed E-state index contributed by atoms with van der Waals surface area (Å²) in [7, 11) is 0. The van der Waals surface area contributed by atoms with Crippen molar-refractivity contribution in [2.24, 2.45) is 0 Å². The van der Waals surface area contributed by atoms with Crippen LogP contribution in [0.3, 0.4) is 0 Å². The molecule has 0 aliphatic heterocycles. The molecule has 330 valence electrons. The molecular weight excluding hydrogens is 849 g/mol. The van der Waals surface area contributed by atoms with Gasteiger partial charge in [-0.2, -0.15) is 0 Å². The highest BCUT2D eigenvalue weighted by Gasteiger charge is 2.52. The van der Waals surface area contributed by atoms with E-state index in [9.17, 15) is 0 Å². The minimum absolute atomic E-state index is 0.239. The largest absolute Gasteiger partial charge is 0.455 e. The quantitative estimate of drug-likeness (QED) is 0.160. The zero-order valence-corrected chi connectivity index (χ0v) is 38.4. The standard InChI is InChI=1S/C67H46N2O/c1-6-23-58-53(17-1)54-18-2-7-24-59(54)67(58)60-25-8-3-20-57(60)65-61(67)26-13-28-63(65)69-50-38-34-44(35-39-50)43-30-32-45(33-31-43)47-14-11-15-48(42-47)51-16-4-9-27-62(51)68-49-40-36-46(37-41-49)52-21-12-22-56-55-19-5-10-29-64(55)70-66(52)56/h1-41,48,68-69H,42H2. The number of nitrogens with one attached hydrogen (secondary N) is 2. The first-order valence-corrected chi connectivity index (χ1v) is 24.3. The minimum atomic E-state index is -0.358. The summed E-state index contributed by atoms with van der Waals surface area (Å²) in [5.74, 6) is 0.239. The fourth-order valence-corrected chi connectivity index (χ4v) is 11.9. The number of para-hydroxylation sites is 3. The van der Waals surface area contributed by atoms with Gasteiger partial charge in [0.15, 0.2) is 0 Å². The Morgan fingerprint density at radius 2 is 0.914 bits per heavy atom. The summed E-state index contributed by atoms with van der Waals surface area (Å²) in [4.78, 5) is 0. The van der Waals surface area contributed by atoms with E-state index >= 15 is 0 Å². The molecule has 70 heavy (non-hydrogen) atoms. The van der Waals surface area contributed by atoms with E-state index in [1.807, 2.05) is 12.1 Å². The highest BCUT2D eigenvalue weighted by atomic mass is 16.3. The van der Waals surface area contributed by atoms with Gasteiger partial charge in [0.2, 0.25) is 0 Å². The fourth-order valence-electron chi connectivity index (χ4n) is 11.9.